The highest BCUT2D eigenvalue weighted by molar-refractivity contribution is 7.80. The molecular weight excluding hydrogens is 325 g/mol. The van der Waals surface area contributed by atoms with Crippen molar-refractivity contribution >= 4 is 12.6 Å². The monoisotopic (exact) mass is 341 g/mol. The molecule has 0 amide bonds. The van der Waals surface area contributed by atoms with E-state index in [2.05, 4.69) is 41.8 Å². The molecule has 1 aromatic heterocycles. The summed E-state index contributed by atoms with van der Waals surface area (Å²) in [7, 11) is 0. The van der Waals surface area contributed by atoms with Crippen LogP contribution in [0, 0.1) is 12.7 Å². The van der Waals surface area contributed by atoms with Crippen LogP contribution in [-0.2, 0) is 4.74 Å². The molecular formula is C18H16FN3OS. The van der Waals surface area contributed by atoms with Crippen LogP contribution in [-0.4, -0.2) is 20.9 Å². The Morgan fingerprint density at radius 1 is 1.21 bits per heavy atom. The van der Waals surface area contributed by atoms with Gasteiger partial charge in [-0.3, -0.25) is 0 Å². The van der Waals surface area contributed by atoms with Crippen LogP contribution in [0.1, 0.15) is 28.8 Å². The number of hydrogen-bond donors (Lipinski definition) is 1. The van der Waals surface area contributed by atoms with Crippen LogP contribution in [0.4, 0.5) is 4.39 Å². The molecule has 0 saturated carbocycles. The zero-order valence-electron chi connectivity index (χ0n) is 13.0. The van der Waals surface area contributed by atoms with Crippen LogP contribution in [0.25, 0.3) is 0 Å². The number of rotatable bonds is 4. The fraction of sp³-hybridized carbons (Fsp3) is 0.222. The highest BCUT2D eigenvalue weighted by Gasteiger charge is 2.48. The molecule has 0 bridgehead atoms. The minimum Gasteiger partial charge on any atom is -0.362 e. The van der Waals surface area contributed by atoms with Gasteiger partial charge in [-0.05, 0) is 35.7 Å². The Hall–Kier alpha value is -2.18. The molecule has 2 heterocycles. The van der Waals surface area contributed by atoms with Crippen molar-refractivity contribution in [1.82, 2.24) is 14.8 Å². The summed E-state index contributed by atoms with van der Waals surface area (Å²) in [5.74, 6) is -0.286. The quantitative estimate of drug-likeness (QED) is 0.581. The van der Waals surface area contributed by atoms with Gasteiger partial charge in [-0.15, -0.1) is 12.6 Å². The lowest BCUT2D eigenvalue weighted by atomic mass is 9.97. The molecule has 3 atom stereocenters. The van der Waals surface area contributed by atoms with Gasteiger partial charge < -0.3 is 4.74 Å². The molecule has 1 aliphatic heterocycles. The largest absolute Gasteiger partial charge is 0.362 e. The van der Waals surface area contributed by atoms with Crippen LogP contribution in [0.5, 0.6) is 0 Å². The maximum absolute atomic E-state index is 13.7. The van der Waals surface area contributed by atoms with Crippen molar-refractivity contribution in [2.75, 3.05) is 0 Å². The second kappa shape index (κ2) is 6.03. The van der Waals surface area contributed by atoms with Crippen molar-refractivity contribution in [2.45, 2.75) is 30.3 Å². The lowest BCUT2D eigenvalue weighted by Gasteiger charge is -2.17. The lowest BCUT2D eigenvalue weighted by molar-refractivity contribution is 0.316. The SMILES string of the molecule is Cc1ccccc1C1OC1C(c1cccc(F)c1)n1ncnc1S. The molecule has 6 heteroatoms. The van der Waals surface area contributed by atoms with Crippen LogP contribution < -0.4 is 0 Å². The Morgan fingerprint density at radius 3 is 2.75 bits per heavy atom. The van der Waals surface area contributed by atoms with Gasteiger partial charge in [0.15, 0.2) is 5.16 Å². The molecule has 1 saturated heterocycles. The van der Waals surface area contributed by atoms with Crippen molar-refractivity contribution in [2.24, 2.45) is 0 Å². The summed E-state index contributed by atoms with van der Waals surface area (Å²) >= 11 is 4.36. The third-order valence-corrected chi connectivity index (χ3v) is 4.66. The van der Waals surface area contributed by atoms with Gasteiger partial charge in [0.1, 0.15) is 30.4 Å². The Bertz CT molecular complexity index is 882. The average molecular weight is 341 g/mol. The fourth-order valence-electron chi connectivity index (χ4n) is 3.12. The van der Waals surface area contributed by atoms with Crippen LogP contribution in [0.15, 0.2) is 60.0 Å². The van der Waals surface area contributed by atoms with Gasteiger partial charge in [0.05, 0.1) is 0 Å². The summed E-state index contributed by atoms with van der Waals surface area (Å²) in [4.78, 5) is 4.08. The normalized spacial score (nSPS) is 20.8. The average Bonchev–Trinajstić information content (AvgIpc) is 3.23. The summed E-state index contributed by atoms with van der Waals surface area (Å²) in [6.07, 6.45) is 1.26. The molecule has 1 fully saturated rings. The minimum atomic E-state index is -0.286. The van der Waals surface area contributed by atoms with E-state index in [-0.39, 0.29) is 24.1 Å². The zero-order valence-corrected chi connectivity index (χ0v) is 13.9. The zero-order chi connectivity index (χ0) is 16.7. The smallest absolute Gasteiger partial charge is 0.183 e. The number of aromatic nitrogens is 3. The van der Waals surface area contributed by atoms with Crippen LogP contribution in [0.2, 0.25) is 0 Å². The summed E-state index contributed by atoms with van der Waals surface area (Å²) in [6, 6.07) is 14.3. The second-order valence-corrected chi connectivity index (χ2v) is 6.28. The van der Waals surface area contributed by atoms with Crippen LogP contribution >= 0.6 is 12.6 Å². The Balaban J connectivity index is 1.73. The molecule has 0 aliphatic carbocycles. The van der Waals surface area contributed by atoms with E-state index in [4.69, 9.17) is 4.74 Å². The third-order valence-electron chi connectivity index (χ3n) is 4.34. The van der Waals surface area contributed by atoms with Gasteiger partial charge in [0.2, 0.25) is 0 Å². The van der Waals surface area contributed by atoms with E-state index >= 15 is 0 Å². The van der Waals surface area contributed by atoms with Crippen molar-refractivity contribution in [3.63, 3.8) is 0 Å². The van der Waals surface area contributed by atoms with E-state index in [1.54, 1.807) is 10.7 Å². The number of ether oxygens (including phenoxy) is 1. The third kappa shape index (κ3) is 2.72. The first-order valence-corrected chi connectivity index (χ1v) is 8.15. The van der Waals surface area contributed by atoms with Crippen molar-refractivity contribution in [3.05, 3.63) is 77.4 Å². The van der Waals surface area contributed by atoms with Crippen molar-refractivity contribution < 1.29 is 9.13 Å². The maximum atomic E-state index is 13.7. The first-order valence-electron chi connectivity index (χ1n) is 7.70. The molecule has 122 valence electrons. The minimum absolute atomic E-state index is 0.0450. The van der Waals surface area contributed by atoms with Crippen molar-refractivity contribution in [3.8, 4) is 0 Å². The maximum Gasteiger partial charge on any atom is 0.183 e. The number of aryl methyl sites for hydroxylation is 1. The molecule has 4 nitrogen and oxygen atoms in total. The Kier molecular flexibility index (Phi) is 3.86. The summed E-state index contributed by atoms with van der Waals surface area (Å²) < 4.78 is 21.4. The standard InChI is InChI=1S/C18H16FN3OS/c1-11-5-2-3-8-14(11)16-17(23-16)15(22-18(24)20-10-21-22)12-6-4-7-13(19)9-12/h2-10,15-17H,1H3,(H,20,21,24). The van der Waals surface area contributed by atoms with Gasteiger partial charge >= 0.3 is 0 Å². The number of nitrogens with zero attached hydrogens (tertiary/aromatic N) is 3. The van der Waals surface area contributed by atoms with E-state index in [9.17, 15) is 4.39 Å². The summed E-state index contributed by atoms with van der Waals surface area (Å²) in [5.41, 5.74) is 3.11. The number of halogens is 1. The molecule has 4 rings (SSSR count). The van der Waals surface area contributed by atoms with E-state index in [0.717, 1.165) is 11.1 Å². The Morgan fingerprint density at radius 2 is 2.04 bits per heavy atom. The highest BCUT2D eigenvalue weighted by Crippen LogP contribution is 2.48. The van der Waals surface area contributed by atoms with E-state index in [0.29, 0.717) is 5.16 Å². The van der Waals surface area contributed by atoms with E-state index < -0.39 is 0 Å². The summed E-state index contributed by atoms with van der Waals surface area (Å²) in [6.45, 7) is 2.06. The molecule has 0 N–H and O–H groups in total. The lowest BCUT2D eigenvalue weighted by Crippen LogP contribution is -2.19. The molecule has 0 spiro atoms. The molecule has 3 unspecified atom stereocenters. The molecule has 3 aromatic rings. The predicted octanol–water partition coefficient (Wildman–Crippen LogP) is 3.74. The topological polar surface area (TPSA) is 43.2 Å². The van der Waals surface area contributed by atoms with E-state index in [1.165, 1.54) is 24.0 Å². The van der Waals surface area contributed by atoms with Gasteiger partial charge in [0.25, 0.3) is 0 Å². The molecule has 2 aromatic carbocycles. The van der Waals surface area contributed by atoms with E-state index in [1.807, 2.05) is 18.2 Å². The number of epoxide rings is 1. The van der Waals surface area contributed by atoms with Crippen molar-refractivity contribution in [1.29, 1.82) is 0 Å². The number of benzene rings is 2. The fourth-order valence-corrected chi connectivity index (χ4v) is 3.35. The Labute approximate surface area is 144 Å². The van der Waals surface area contributed by atoms with Gasteiger partial charge in [0, 0.05) is 0 Å². The number of thiol groups is 1. The second-order valence-electron chi connectivity index (χ2n) is 5.88. The van der Waals surface area contributed by atoms with Gasteiger partial charge in [-0.25, -0.2) is 14.1 Å². The van der Waals surface area contributed by atoms with Gasteiger partial charge in [-0.1, -0.05) is 36.4 Å². The molecule has 1 aliphatic rings. The summed E-state index contributed by atoms with van der Waals surface area (Å²) in [5, 5.41) is 4.74. The highest BCUT2D eigenvalue weighted by atomic mass is 32.1. The first-order chi connectivity index (χ1) is 11.6. The van der Waals surface area contributed by atoms with Gasteiger partial charge in [-0.2, -0.15) is 5.10 Å². The van der Waals surface area contributed by atoms with Crippen LogP contribution in [0.3, 0.4) is 0 Å². The first kappa shape index (κ1) is 15.4. The number of hydrogen-bond acceptors (Lipinski definition) is 4. The molecule has 0 radical (unpaired) electrons. The predicted molar refractivity (Wildman–Crippen MR) is 90.6 cm³/mol. The molecule has 24 heavy (non-hydrogen) atoms.